The number of nitrogens with zero attached hydrogens (tertiary/aromatic N) is 5. The number of rotatable bonds is 5. The van der Waals surface area contributed by atoms with Crippen LogP contribution in [0.5, 0.6) is 0 Å². The van der Waals surface area contributed by atoms with Crippen molar-refractivity contribution in [1.29, 1.82) is 0 Å². The predicted molar refractivity (Wildman–Crippen MR) is 163 cm³/mol. The number of piperidine rings is 1. The molecule has 2 saturated carbocycles. The molecule has 0 radical (unpaired) electrons. The van der Waals surface area contributed by atoms with Crippen LogP contribution >= 0.6 is 0 Å². The maximum Gasteiger partial charge on any atom is 0.255 e. The third kappa shape index (κ3) is 3.79. The number of likely N-dealkylation sites (tertiary alicyclic amines) is 1. The van der Waals surface area contributed by atoms with Crippen molar-refractivity contribution in [3.63, 3.8) is 0 Å². The van der Waals surface area contributed by atoms with E-state index in [-0.39, 0.29) is 29.5 Å². The molecule has 222 valence electrons. The van der Waals surface area contributed by atoms with E-state index in [0.29, 0.717) is 47.3 Å². The topological polar surface area (TPSA) is 111 Å². The first-order valence-electron chi connectivity index (χ1n) is 15.5. The standard InChI is InChI=1S/C34H32FN7O2/c1-17-30(39-42-16-23(11-25(35)31(17)42)34(44)41-15-22-7-9-27(41)29(22)36)28-12-20-6-8-26(38-32(20)40(28)14-18-2-3-18)19-4-5-21-13-37-33(43)24(21)10-19/h4-6,8,10-12,16,18,22,27,29H,2-3,7,9,13-15,36H2,1H3,(H,37,43)/t22?,27?,29-/m1/s1. The van der Waals surface area contributed by atoms with E-state index in [1.807, 2.05) is 36.1 Å². The number of fused-ring (bicyclic) bond motifs is 5. The molecule has 6 heterocycles. The first-order chi connectivity index (χ1) is 21.3. The molecule has 4 aliphatic rings. The second kappa shape index (κ2) is 9.22. The molecule has 3 N–H and O–H groups in total. The Balaban J connectivity index is 1.14. The fourth-order valence-corrected chi connectivity index (χ4v) is 7.68. The molecule has 2 aliphatic carbocycles. The first-order valence-corrected chi connectivity index (χ1v) is 15.5. The molecule has 9 rings (SSSR count). The molecule has 2 amide bonds. The number of amides is 2. The molecular formula is C34H32FN7O2. The van der Waals surface area contributed by atoms with Gasteiger partial charge in [-0.15, -0.1) is 0 Å². The van der Waals surface area contributed by atoms with Crippen LogP contribution in [-0.4, -0.2) is 54.5 Å². The van der Waals surface area contributed by atoms with Gasteiger partial charge < -0.3 is 20.5 Å². The van der Waals surface area contributed by atoms with E-state index >= 15 is 4.39 Å². The van der Waals surface area contributed by atoms with Gasteiger partial charge in [-0.25, -0.2) is 13.9 Å². The molecule has 4 aromatic heterocycles. The molecule has 2 bridgehead atoms. The van der Waals surface area contributed by atoms with Gasteiger partial charge in [-0.2, -0.15) is 5.10 Å². The van der Waals surface area contributed by atoms with Crippen molar-refractivity contribution in [3.05, 3.63) is 76.7 Å². The first kappa shape index (κ1) is 25.9. The van der Waals surface area contributed by atoms with Crippen LogP contribution in [0.25, 0.3) is 39.2 Å². The number of benzene rings is 1. The van der Waals surface area contributed by atoms with Crippen molar-refractivity contribution in [2.75, 3.05) is 6.54 Å². The smallest absolute Gasteiger partial charge is 0.255 e. The maximum absolute atomic E-state index is 15.7. The van der Waals surface area contributed by atoms with Gasteiger partial charge in [0.25, 0.3) is 11.8 Å². The third-order valence-corrected chi connectivity index (χ3v) is 10.3. The van der Waals surface area contributed by atoms with E-state index in [4.69, 9.17) is 15.8 Å². The van der Waals surface area contributed by atoms with Crippen molar-refractivity contribution >= 4 is 28.4 Å². The molecule has 44 heavy (non-hydrogen) atoms. The van der Waals surface area contributed by atoms with Crippen LogP contribution in [0.15, 0.2) is 48.7 Å². The number of aromatic nitrogens is 4. The Morgan fingerprint density at radius 3 is 2.75 bits per heavy atom. The summed E-state index contributed by atoms with van der Waals surface area (Å²) in [6, 6.07) is 13.4. The SMILES string of the molecule is Cc1c(-c2cc3ccc(-c4ccc5c(c4)C(=O)NC5)nc3n2CC2CC2)nn2cc(C(=O)N3CC4CCC3[C@@H]4N)cc(F)c12. The number of hydrogen-bond donors (Lipinski definition) is 2. The summed E-state index contributed by atoms with van der Waals surface area (Å²) in [6.45, 7) is 3.85. The van der Waals surface area contributed by atoms with Crippen LogP contribution in [0, 0.1) is 24.6 Å². The number of nitrogens with two attached hydrogens (primary N) is 1. The lowest BCUT2D eigenvalue weighted by atomic mass is 10.0. The Labute approximate surface area is 252 Å². The predicted octanol–water partition coefficient (Wildman–Crippen LogP) is 4.68. The zero-order valence-corrected chi connectivity index (χ0v) is 24.4. The molecule has 0 spiro atoms. The minimum absolute atomic E-state index is 0.00390. The van der Waals surface area contributed by atoms with E-state index in [0.717, 1.165) is 65.8 Å². The van der Waals surface area contributed by atoms with Gasteiger partial charge >= 0.3 is 0 Å². The molecule has 2 unspecified atom stereocenters. The Bertz CT molecular complexity index is 2060. The Kier molecular flexibility index (Phi) is 5.42. The molecule has 10 heteroatoms. The number of aryl methyl sites for hydroxylation is 1. The largest absolute Gasteiger partial charge is 0.348 e. The summed E-state index contributed by atoms with van der Waals surface area (Å²) in [7, 11) is 0. The number of pyridine rings is 2. The highest BCUT2D eigenvalue weighted by atomic mass is 19.1. The zero-order valence-electron chi connectivity index (χ0n) is 24.4. The summed E-state index contributed by atoms with van der Waals surface area (Å²) in [5.41, 5.74) is 13.5. The van der Waals surface area contributed by atoms with Crippen LogP contribution in [0.1, 0.15) is 57.5 Å². The van der Waals surface area contributed by atoms with Crippen LogP contribution < -0.4 is 11.1 Å². The van der Waals surface area contributed by atoms with Crippen LogP contribution in [-0.2, 0) is 13.1 Å². The second-order valence-electron chi connectivity index (χ2n) is 13.0. The van der Waals surface area contributed by atoms with Gasteiger partial charge in [0.1, 0.15) is 22.7 Å². The number of halogens is 1. The average molecular weight is 590 g/mol. The Morgan fingerprint density at radius 1 is 1.11 bits per heavy atom. The summed E-state index contributed by atoms with van der Waals surface area (Å²) < 4.78 is 19.5. The van der Waals surface area contributed by atoms with Crippen molar-refractivity contribution in [3.8, 4) is 22.6 Å². The van der Waals surface area contributed by atoms with Crippen molar-refractivity contribution in [2.45, 2.75) is 57.8 Å². The fraction of sp³-hybridized carbons (Fsp3) is 0.353. The molecular weight excluding hydrogens is 557 g/mol. The minimum atomic E-state index is -0.466. The zero-order chi connectivity index (χ0) is 29.9. The number of carbonyl (C=O) groups is 2. The summed E-state index contributed by atoms with van der Waals surface area (Å²) in [4.78, 5) is 32.7. The quantitative estimate of drug-likeness (QED) is 0.309. The number of nitrogens with one attached hydrogen (secondary N) is 1. The second-order valence-corrected chi connectivity index (χ2v) is 13.0. The van der Waals surface area contributed by atoms with E-state index in [9.17, 15) is 9.59 Å². The molecule has 9 nitrogen and oxygen atoms in total. The van der Waals surface area contributed by atoms with Crippen molar-refractivity contribution in [1.82, 2.24) is 29.4 Å². The summed E-state index contributed by atoms with van der Waals surface area (Å²) in [5, 5.41) is 8.72. The van der Waals surface area contributed by atoms with Crippen LogP contribution in [0.4, 0.5) is 4.39 Å². The summed E-state index contributed by atoms with van der Waals surface area (Å²) in [6.07, 6.45) is 5.91. The Morgan fingerprint density at radius 2 is 1.98 bits per heavy atom. The summed E-state index contributed by atoms with van der Waals surface area (Å²) >= 11 is 0. The number of carbonyl (C=O) groups excluding carboxylic acids is 2. The highest BCUT2D eigenvalue weighted by Crippen LogP contribution is 2.39. The van der Waals surface area contributed by atoms with Crippen molar-refractivity contribution in [2.24, 2.45) is 17.6 Å². The lowest BCUT2D eigenvalue weighted by molar-refractivity contribution is 0.0699. The molecule has 1 saturated heterocycles. The van der Waals surface area contributed by atoms with E-state index < -0.39 is 5.82 Å². The van der Waals surface area contributed by atoms with Crippen LogP contribution in [0.2, 0.25) is 0 Å². The van der Waals surface area contributed by atoms with Crippen molar-refractivity contribution < 1.29 is 14.0 Å². The van der Waals surface area contributed by atoms with E-state index in [1.54, 1.807) is 6.20 Å². The lowest BCUT2D eigenvalue weighted by Crippen LogP contribution is -2.41. The molecule has 2 aliphatic heterocycles. The van der Waals surface area contributed by atoms with E-state index in [1.165, 1.54) is 10.6 Å². The Hall–Kier alpha value is -4.57. The molecule has 5 aromatic rings. The van der Waals surface area contributed by atoms with Gasteiger partial charge in [0.2, 0.25) is 0 Å². The van der Waals surface area contributed by atoms with Gasteiger partial charge in [-0.05, 0) is 80.3 Å². The van der Waals surface area contributed by atoms with Gasteiger partial charge in [0.05, 0.1) is 17.0 Å². The maximum atomic E-state index is 15.7. The lowest BCUT2D eigenvalue weighted by Gasteiger charge is -2.27. The van der Waals surface area contributed by atoms with Gasteiger partial charge in [0.15, 0.2) is 0 Å². The summed E-state index contributed by atoms with van der Waals surface area (Å²) in [5.74, 6) is 0.163. The molecule has 3 fully saturated rings. The molecule has 1 aromatic carbocycles. The normalized spacial score (nSPS) is 22.4. The third-order valence-electron chi connectivity index (χ3n) is 10.3. The fourth-order valence-electron chi connectivity index (χ4n) is 7.68. The van der Waals surface area contributed by atoms with Crippen LogP contribution in [0.3, 0.4) is 0 Å². The monoisotopic (exact) mass is 589 g/mol. The highest BCUT2D eigenvalue weighted by Gasteiger charge is 2.47. The molecule has 3 atom stereocenters. The van der Waals surface area contributed by atoms with Gasteiger partial charge in [0, 0.05) is 60.0 Å². The minimum Gasteiger partial charge on any atom is -0.348 e. The van der Waals surface area contributed by atoms with Gasteiger partial charge in [-0.1, -0.05) is 12.1 Å². The van der Waals surface area contributed by atoms with E-state index in [2.05, 4.69) is 22.0 Å². The van der Waals surface area contributed by atoms with Gasteiger partial charge in [-0.3, -0.25) is 9.59 Å². The average Bonchev–Trinajstić information content (AvgIpc) is 3.24. The number of hydrogen-bond acceptors (Lipinski definition) is 5. The highest BCUT2D eigenvalue weighted by molar-refractivity contribution is 5.99.